The Labute approximate surface area is 281 Å². The first-order valence-electron chi connectivity index (χ1n) is 18.3. The van der Waals surface area contributed by atoms with Crippen molar-refractivity contribution in [1.82, 2.24) is 0 Å². The molecule has 0 aromatic heterocycles. The Kier molecular flexibility index (Phi) is 7.83. The number of carbonyl (C=O) groups excluding carboxylic acids is 1. The fraction of sp³-hybridized carbons (Fsp3) is 0.821. The van der Waals surface area contributed by atoms with Gasteiger partial charge in [0.1, 0.15) is 12.2 Å². The number of aliphatic hydroxyl groups is 3. The van der Waals surface area contributed by atoms with Crippen molar-refractivity contribution in [2.45, 2.75) is 136 Å². The summed E-state index contributed by atoms with van der Waals surface area (Å²) in [6, 6.07) is 7.52. The van der Waals surface area contributed by atoms with Gasteiger partial charge < -0.3 is 34.8 Å². The summed E-state index contributed by atoms with van der Waals surface area (Å²) in [5, 5.41) is 37.0. The van der Waals surface area contributed by atoms with Gasteiger partial charge in [0.05, 0.1) is 23.4 Å². The highest BCUT2D eigenvalue weighted by atomic mass is 16.7. The Morgan fingerprint density at radius 1 is 1.04 bits per heavy atom. The zero-order valence-electron chi connectivity index (χ0n) is 29.8. The number of aliphatic hydroxyl groups excluding tert-OH is 2. The van der Waals surface area contributed by atoms with E-state index in [2.05, 4.69) is 33.0 Å². The number of benzene rings is 1. The molecule has 4 N–H and O–H groups in total. The number of hydrogen-bond donors (Lipinski definition) is 4. The van der Waals surface area contributed by atoms with E-state index < -0.39 is 30.2 Å². The molecule has 0 amide bonds. The second-order valence-corrected chi connectivity index (χ2v) is 18.1. The summed E-state index contributed by atoms with van der Waals surface area (Å²) in [4.78, 5) is 13.5. The highest BCUT2D eigenvalue weighted by Gasteiger charge is 2.86. The Morgan fingerprint density at radius 3 is 2.45 bits per heavy atom. The van der Waals surface area contributed by atoms with Gasteiger partial charge in [-0.15, -0.1) is 0 Å². The second kappa shape index (κ2) is 10.9. The van der Waals surface area contributed by atoms with E-state index in [1.807, 2.05) is 31.3 Å². The summed E-state index contributed by atoms with van der Waals surface area (Å²) < 4.78 is 18.5. The standard InChI is InChI=1S/C39H59NO7/c1-34(2)28-20-29(41)37(6)27(36(28,5)16-15-30(34)47-32(43)22-11-9-10-12-25(22)40-7)14-17-38-21-39(37,38)18-13-24(38)23-19-26(46-33(23)45-8)31(42)35(3,4)44/h9-12,23-24,26-31,33,40-42,44H,13-21H2,1-8H3/t23-,24-,26+,27+,28-,29+,30-,31-,33+,36+,37-,38+,39+/m0/s1. The zero-order valence-corrected chi connectivity index (χ0v) is 29.8. The van der Waals surface area contributed by atoms with Gasteiger partial charge in [-0.3, -0.25) is 0 Å². The van der Waals surface area contributed by atoms with Crippen molar-refractivity contribution in [3.63, 3.8) is 0 Å². The van der Waals surface area contributed by atoms with Crippen LogP contribution in [0.5, 0.6) is 0 Å². The molecule has 13 atom stereocenters. The molecule has 6 fully saturated rings. The number of methoxy groups -OCH3 is 1. The predicted octanol–water partition coefficient (Wildman–Crippen LogP) is 6.17. The van der Waals surface area contributed by atoms with E-state index in [1.165, 1.54) is 0 Å². The minimum Gasteiger partial charge on any atom is -0.458 e. The highest BCUT2D eigenvalue weighted by molar-refractivity contribution is 5.95. The first-order valence-corrected chi connectivity index (χ1v) is 18.3. The van der Waals surface area contributed by atoms with Crippen molar-refractivity contribution < 1.29 is 34.3 Å². The quantitative estimate of drug-likeness (QED) is 0.258. The molecule has 6 aliphatic rings. The maximum Gasteiger partial charge on any atom is 0.340 e. The maximum atomic E-state index is 13.5. The number of esters is 1. The molecule has 0 spiro atoms. The number of anilines is 1. The van der Waals surface area contributed by atoms with Crippen LogP contribution in [0.2, 0.25) is 0 Å². The van der Waals surface area contributed by atoms with Crippen molar-refractivity contribution in [3.05, 3.63) is 29.8 Å². The molecular weight excluding hydrogens is 594 g/mol. The van der Waals surface area contributed by atoms with E-state index in [0.29, 0.717) is 23.8 Å². The summed E-state index contributed by atoms with van der Waals surface area (Å²) in [6.45, 7) is 12.7. The van der Waals surface area contributed by atoms with Crippen molar-refractivity contribution in [2.24, 2.45) is 50.7 Å². The summed E-state index contributed by atoms with van der Waals surface area (Å²) in [6.07, 6.45) is 6.36. The van der Waals surface area contributed by atoms with E-state index >= 15 is 0 Å². The lowest BCUT2D eigenvalue weighted by Gasteiger charge is -2.68. The molecule has 5 aliphatic carbocycles. The van der Waals surface area contributed by atoms with Gasteiger partial charge in [-0.1, -0.05) is 39.8 Å². The SMILES string of the molecule is CNc1ccccc1C(=O)O[C@H]1CC[C@]2(C)[C@H]3CC[C@]45C[C@]4(CC[C@H]5[C@@H]4C[C@H]([C@H](O)C(C)(C)O)O[C@H]4OC)[C@]3(C)[C@H](O)C[C@H]2C1(C)C. The second-order valence-electron chi connectivity index (χ2n) is 18.1. The van der Waals surface area contributed by atoms with Crippen molar-refractivity contribution in [2.75, 3.05) is 19.5 Å². The monoisotopic (exact) mass is 653 g/mol. The molecule has 1 aromatic rings. The lowest BCUT2D eigenvalue weighted by atomic mass is 9.37. The third kappa shape index (κ3) is 4.46. The number of carbonyl (C=O) groups is 1. The molecule has 1 aliphatic heterocycles. The van der Waals surface area contributed by atoms with Crippen LogP contribution in [-0.4, -0.2) is 71.8 Å². The van der Waals surface area contributed by atoms with Crippen molar-refractivity contribution in [1.29, 1.82) is 0 Å². The zero-order chi connectivity index (χ0) is 33.9. The number of fused-ring (bicyclic) bond motifs is 3. The normalized spacial score (nSPS) is 47.2. The molecule has 0 unspecified atom stereocenters. The average Bonchev–Trinajstić information content (AvgIpc) is 3.35. The number of rotatable bonds is 7. The Hall–Kier alpha value is -1.71. The molecule has 7 rings (SSSR count). The third-order valence-corrected chi connectivity index (χ3v) is 15.7. The molecule has 8 nitrogen and oxygen atoms in total. The fourth-order valence-corrected chi connectivity index (χ4v) is 13.5. The van der Waals surface area contributed by atoms with E-state index in [-0.39, 0.29) is 51.0 Å². The summed E-state index contributed by atoms with van der Waals surface area (Å²) in [5.41, 5.74) is -0.0943. The number of hydrogen-bond acceptors (Lipinski definition) is 8. The predicted molar refractivity (Wildman–Crippen MR) is 180 cm³/mol. The Morgan fingerprint density at radius 2 is 1.77 bits per heavy atom. The van der Waals surface area contributed by atoms with Gasteiger partial charge >= 0.3 is 5.97 Å². The topological polar surface area (TPSA) is 117 Å². The lowest BCUT2D eigenvalue weighted by molar-refractivity contribution is -0.243. The Balaban J connectivity index is 1.13. The fourth-order valence-electron chi connectivity index (χ4n) is 13.5. The van der Waals surface area contributed by atoms with Gasteiger partial charge in [0, 0.05) is 36.6 Å². The van der Waals surface area contributed by atoms with Crippen LogP contribution in [0.3, 0.4) is 0 Å². The molecule has 0 bridgehead atoms. The molecule has 1 saturated heterocycles. The number of nitrogens with one attached hydrogen (secondary N) is 1. The first-order chi connectivity index (χ1) is 22.0. The molecular formula is C39H59NO7. The van der Waals surface area contributed by atoms with Crippen LogP contribution in [0, 0.1) is 50.7 Å². The van der Waals surface area contributed by atoms with E-state index in [4.69, 9.17) is 14.2 Å². The molecule has 1 heterocycles. The number of ether oxygens (including phenoxy) is 3. The molecule has 262 valence electrons. The van der Waals surface area contributed by atoms with Crippen LogP contribution in [0.25, 0.3) is 0 Å². The van der Waals surface area contributed by atoms with Gasteiger partial charge in [-0.25, -0.2) is 4.79 Å². The summed E-state index contributed by atoms with van der Waals surface area (Å²) in [7, 11) is 3.52. The van der Waals surface area contributed by atoms with Crippen LogP contribution in [0.1, 0.15) is 110 Å². The van der Waals surface area contributed by atoms with Crippen LogP contribution in [-0.2, 0) is 14.2 Å². The minimum absolute atomic E-state index is 0.0400. The van der Waals surface area contributed by atoms with Crippen LogP contribution in [0.4, 0.5) is 5.69 Å². The van der Waals surface area contributed by atoms with E-state index in [0.717, 1.165) is 57.1 Å². The third-order valence-electron chi connectivity index (χ3n) is 15.7. The van der Waals surface area contributed by atoms with Gasteiger partial charge in [-0.05, 0) is 118 Å². The largest absolute Gasteiger partial charge is 0.458 e. The van der Waals surface area contributed by atoms with E-state index in [9.17, 15) is 20.1 Å². The van der Waals surface area contributed by atoms with Gasteiger partial charge in [0.25, 0.3) is 0 Å². The van der Waals surface area contributed by atoms with Crippen LogP contribution >= 0.6 is 0 Å². The van der Waals surface area contributed by atoms with Crippen molar-refractivity contribution >= 4 is 11.7 Å². The molecule has 0 radical (unpaired) electrons. The molecule has 5 saturated carbocycles. The maximum absolute atomic E-state index is 13.5. The summed E-state index contributed by atoms with van der Waals surface area (Å²) in [5.74, 6) is 0.916. The lowest BCUT2D eigenvalue weighted by Crippen LogP contribution is -2.66. The smallest absolute Gasteiger partial charge is 0.340 e. The van der Waals surface area contributed by atoms with Gasteiger partial charge in [-0.2, -0.15) is 0 Å². The Bertz CT molecular complexity index is 1390. The van der Waals surface area contributed by atoms with Gasteiger partial charge in [0.15, 0.2) is 6.29 Å². The van der Waals surface area contributed by atoms with Gasteiger partial charge in [0.2, 0.25) is 0 Å². The first kappa shape index (κ1) is 33.8. The van der Waals surface area contributed by atoms with Crippen LogP contribution in [0.15, 0.2) is 24.3 Å². The van der Waals surface area contributed by atoms with Crippen molar-refractivity contribution in [3.8, 4) is 0 Å². The molecule has 1 aromatic carbocycles. The molecule has 47 heavy (non-hydrogen) atoms. The van der Waals surface area contributed by atoms with E-state index in [1.54, 1.807) is 21.0 Å². The molecule has 8 heteroatoms. The average molecular weight is 654 g/mol. The highest BCUT2D eigenvalue weighted by Crippen LogP contribution is 2.91. The number of para-hydroxylation sites is 1. The van der Waals surface area contributed by atoms with Crippen LogP contribution < -0.4 is 5.32 Å². The summed E-state index contributed by atoms with van der Waals surface area (Å²) >= 11 is 0. The minimum atomic E-state index is -1.25.